The van der Waals surface area contributed by atoms with E-state index in [-0.39, 0.29) is 17.0 Å². The Morgan fingerprint density at radius 2 is 2.06 bits per heavy atom. The van der Waals surface area contributed by atoms with Crippen LogP contribution in [0.1, 0.15) is 17.5 Å². The number of halogens is 4. The van der Waals surface area contributed by atoms with E-state index < -0.39 is 17.7 Å². The summed E-state index contributed by atoms with van der Waals surface area (Å²) in [6.45, 7) is 0. The molecule has 2 nitrogen and oxygen atoms in total. The molecule has 0 aliphatic heterocycles. The number of aliphatic carboxylic acids is 1. The average Bonchev–Trinajstić information content (AvgIpc) is 2.15. The maximum absolute atomic E-state index is 12.6. The first kappa shape index (κ1) is 13.6. The van der Waals surface area contributed by atoms with E-state index in [1.807, 2.05) is 0 Å². The summed E-state index contributed by atoms with van der Waals surface area (Å²) < 4.78 is 37.7. The predicted molar refractivity (Wildman–Crippen MR) is 57.7 cm³/mol. The van der Waals surface area contributed by atoms with Crippen molar-refractivity contribution in [3.05, 3.63) is 40.4 Å². The Hall–Kier alpha value is -1.49. The van der Waals surface area contributed by atoms with Crippen molar-refractivity contribution in [2.24, 2.45) is 0 Å². The number of hydrogen-bond donors (Lipinski definition) is 1. The zero-order valence-electron chi connectivity index (χ0n) is 8.46. The number of rotatable bonds is 3. The Kier molecular flexibility index (Phi) is 4.17. The van der Waals surface area contributed by atoms with Crippen molar-refractivity contribution in [2.75, 3.05) is 0 Å². The van der Waals surface area contributed by atoms with Gasteiger partial charge in [0.25, 0.3) is 0 Å². The lowest BCUT2D eigenvalue weighted by molar-refractivity contribution is -0.138. The van der Waals surface area contributed by atoms with E-state index >= 15 is 0 Å². The zero-order chi connectivity index (χ0) is 13.1. The van der Waals surface area contributed by atoms with Crippen LogP contribution in [0.25, 0.3) is 6.08 Å². The van der Waals surface area contributed by atoms with Crippen LogP contribution in [0.4, 0.5) is 13.2 Å². The Morgan fingerprint density at radius 3 is 2.59 bits per heavy atom. The molecule has 0 heterocycles. The first-order valence-electron chi connectivity index (χ1n) is 4.56. The topological polar surface area (TPSA) is 37.3 Å². The van der Waals surface area contributed by atoms with E-state index in [1.165, 1.54) is 0 Å². The first-order chi connectivity index (χ1) is 7.80. The second kappa shape index (κ2) is 5.23. The summed E-state index contributed by atoms with van der Waals surface area (Å²) in [5, 5.41) is 8.54. The smallest absolute Gasteiger partial charge is 0.416 e. The third-order valence-electron chi connectivity index (χ3n) is 1.91. The standard InChI is InChI=1S/C11H8ClF3O2/c12-8-4-5-9(11(13,14)15)7(6-8)2-1-3-10(16)17/h1-2,4-6H,3H2,(H,16,17). The van der Waals surface area contributed by atoms with E-state index in [0.717, 1.165) is 30.4 Å². The Bertz CT molecular complexity index is 453. The Morgan fingerprint density at radius 1 is 1.41 bits per heavy atom. The highest BCUT2D eigenvalue weighted by Crippen LogP contribution is 2.33. The Balaban J connectivity index is 3.08. The summed E-state index contributed by atoms with van der Waals surface area (Å²) in [7, 11) is 0. The maximum atomic E-state index is 12.6. The lowest BCUT2D eigenvalue weighted by Gasteiger charge is -2.10. The molecular formula is C11H8ClF3O2. The molecule has 0 spiro atoms. The fourth-order valence-electron chi connectivity index (χ4n) is 1.22. The molecule has 0 saturated carbocycles. The lowest BCUT2D eigenvalue weighted by Crippen LogP contribution is -2.07. The second-order valence-corrected chi connectivity index (χ2v) is 3.67. The monoisotopic (exact) mass is 264 g/mol. The van der Waals surface area contributed by atoms with Crippen molar-refractivity contribution >= 4 is 23.6 Å². The molecule has 0 fully saturated rings. The number of carbonyl (C=O) groups is 1. The van der Waals surface area contributed by atoms with Crippen molar-refractivity contribution in [3.63, 3.8) is 0 Å². The van der Waals surface area contributed by atoms with Gasteiger partial charge in [-0.15, -0.1) is 0 Å². The van der Waals surface area contributed by atoms with Crippen LogP contribution in [0, 0.1) is 0 Å². The number of alkyl halides is 3. The van der Waals surface area contributed by atoms with Gasteiger partial charge in [-0.1, -0.05) is 23.8 Å². The predicted octanol–water partition coefficient (Wildman–Crippen LogP) is 3.85. The molecule has 1 rings (SSSR count). The average molecular weight is 265 g/mol. The van der Waals surface area contributed by atoms with Crippen LogP contribution < -0.4 is 0 Å². The molecule has 0 aliphatic carbocycles. The van der Waals surface area contributed by atoms with Crippen molar-refractivity contribution in [3.8, 4) is 0 Å². The van der Waals surface area contributed by atoms with E-state index in [9.17, 15) is 18.0 Å². The minimum Gasteiger partial charge on any atom is -0.481 e. The summed E-state index contributed by atoms with van der Waals surface area (Å²) in [5.74, 6) is -1.11. The molecule has 1 N–H and O–H groups in total. The van der Waals surface area contributed by atoms with E-state index in [0.29, 0.717) is 0 Å². The number of carboxylic acid groups (broad SMARTS) is 1. The summed E-state index contributed by atoms with van der Waals surface area (Å²) in [6.07, 6.45) is -2.59. The molecule has 0 radical (unpaired) electrons. The van der Waals surface area contributed by atoms with Gasteiger partial charge in [0.1, 0.15) is 0 Å². The van der Waals surface area contributed by atoms with E-state index in [4.69, 9.17) is 16.7 Å². The molecule has 0 unspecified atom stereocenters. The van der Waals surface area contributed by atoms with Crippen molar-refractivity contribution < 1.29 is 23.1 Å². The highest BCUT2D eigenvalue weighted by molar-refractivity contribution is 6.30. The third kappa shape index (κ3) is 4.11. The van der Waals surface area contributed by atoms with Gasteiger partial charge in [0.05, 0.1) is 12.0 Å². The number of carboxylic acids is 1. The molecule has 0 aliphatic rings. The van der Waals surface area contributed by atoms with Crippen LogP contribution in [-0.2, 0) is 11.0 Å². The summed E-state index contributed by atoms with van der Waals surface area (Å²) in [6, 6.07) is 3.14. The number of hydrogen-bond acceptors (Lipinski definition) is 1. The van der Waals surface area contributed by atoms with Gasteiger partial charge in [-0.3, -0.25) is 4.79 Å². The quantitative estimate of drug-likeness (QED) is 0.900. The molecule has 0 bridgehead atoms. The lowest BCUT2D eigenvalue weighted by atomic mass is 10.1. The zero-order valence-corrected chi connectivity index (χ0v) is 9.22. The van der Waals surface area contributed by atoms with Gasteiger partial charge in [-0.05, 0) is 23.8 Å². The van der Waals surface area contributed by atoms with Gasteiger partial charge < -0.3 is 5.11 Å². The molecule has 6 heteroatoms. The van der Waals surface area contributed by atoms with Gasteiger partial charge in [0, 0.05) is 5.02 Å². The summed E-state index contributed by atoms with van der Waals surface area (Å²) >= 11 is 5.59. The van der Waals surface area contributed by atoms with Crippen molar-refractivity contribution in [1.82, 2.24) is 0 Å². The van der Waals surface area contributed by atoms with Crippen LogP contribution in [0.2, 0.25) is 5.02 Å². The second-order valence-electron chi connectivity index (χ2n) is 3.23. The van der Waals surface area contributed by atoms with E-state index in [1.54, 1.807) is 0 Å². The van der Waals surface area contributed by atoms with E-state index in [2.05, 4.69) is 0 Å². The molecular weight excluding hydrogens is 257 g/mol. The van der Waals surface area contributed by atoms with Gasteiger partial charge in [0.15, 0.2) is 0 Å². The molecule has 0 aromatic heterocycles. The molecule has 0 amide bonds. The minimum atomic E-state index is -4.49. The summed E-state index contributed by atoms with van der Waals surface area (Å²) in [4.78, 5) is 10.2. The molecule has 92 valence electrons. The molecule has 0 atom stereocenters. The maximum Gasteiger partial charge on any atom is 0.416 e. The molecule has 1 aromatic carbocycles. The van der Waals surface area contributed by atoms with Crippen LogP contribution in [0.15, 0.2) is 24.3 Å². The first-order valence-corrected chi connectivity index (χ1v) is 4.93. The van der Waals surface area contributed by atoms with Gasteiger partial charge in [-0.25, -0.2) is 0 Å². The SMILES string of the molecule is O=C(O)CC=Cc1cc(Cl)ccc1C(F)(F)F. The van der Waals surface area contributed by atoms with Crippen LogP contribution in [0.5, 0.6) is 0 Å². The highest BCUT2D eigenvalue weighted by Gasteiger charge is 2.32. The summed E-state index contributed by atoms with van der Waals surface area (Å²) in [5.41, 5.74) is -0.991. The highest BCUT2D eigenvalue weighted by atomic mass is 35.5. The van der Waals surface area contributed by atoms with Gasteiger partial charge in [0.2, 0.25) is 0 Å². The van der Waals surface area contributed by atoms with Crippen molar-refractivity contribution in [1.29, 1.82) is 0 Å². The molecule has 0 saturated heterocycles. The van der Waals surface area contributed by atoms with Gasteiger partial charge >= 0.3 is 12.1 Å². The normalized spacial score (nSPS) is 12.0. The fraction of sp³-hybridized carbons (Fsp3) is 0.182. The third-order valence-corrected chi connectivity index (χ3v) is 2.14. The van der Waals surface area contributed by atoms with Crippen LogP contribution in [-0.4, -0.2) is 11.1 Å². The van der Waals surface area contributed by atoms with Crippen LogP contribution in [0.3, 0.4) is 0 Å². The largest absolute Gasteiger partial charge is 0.481 e. The fourth-order valence-corrected chi connectivity index (χ4v) is 1.40. The van der Waals surface area contributed by atoms with Gasteiger partial charge in [-0.2, -0.15) is 13.2 Å². The molecule has 17 heavy (non-hydrogen) atoms. The van der Waals surface area contributed by atoms with Crippen molar-refractivity contribution in [2.45, 2.75) is 12.6 Å². The Labute approximate surface area is 100 Å². The van der Waals surface area contributed by atoms with Crippen LogP contribution >= 0.6 is 11.6 Å². The minimum absolute atomic E-state index is 0.147. The number of benzene rings is 1. The molecule has 1 aromatic rings.